The van der Waals surface area contributed by atoms with Gasteiger partial charge in [0.05, 0.1) is 11.4 Å². The highest BCUT2D eigenvalue weighted by molar-refractivity contribution is 5.80. The van der Waals surface area contributed by atoms with Crippen molar-refractivity contribution in [3.63, 3.8) is 0 Å². The Morgan fingerprint density at radius 1 is 1.19 bits per heavy atom. The van der Waals surface area contributed by atoms with Gasteiger partial charge < -0.3 is 19.3 Å². The van der Waals surface area contributed by atoms with Crippen molar-refractivity contribution < 1.29 is 9.05 Å². The molecule has 0 spiro atoms. The fraction of sp³-hybridized carbons (Fsp3) is 0.632. The topological polar surface area (TPSA) is 82.9 Å². The summed E-state index contributed by atoms with van der Waals surface area (Å²) >= 11 is 0. The van der Waals surface area contributed by atoms with E-state index in [1.54, 1.807) is 0 Å². The number of nitrogens with one attached hydrogen (secondary N) is 1. The van der Waals surface area contributed by atoms with E-state index in [-0.39, 0.29) is 0 Å². The van der Waals surface area contributed by atoms with Crippen molar-refractivity contribution in [1.29, 1.82) is 0 Å². The molecule has 0 amide bonds. The molecular formula is C19H30N6O2. The predicted octanol–water partition coefficient (Wildman–Crippen LogP) is 2.38. The van der Waals surface area contributed by atoms with Gasteiger partial charge in [-0.25, -0.2) is 4.99 Å². The third-order valence-corrected chi connectivity index (χ3v) is 4.62. The molecule has 1 fully saturated rings. The fourth-order valence-corrected chi connectivity index (χ4v) is 3.09. The number of nitrogens with zero attached hydrogens (tertiary/aromatic N) is 5. The molecule has 1 aliphatic heterocycles. The molecule has 0 aromatic carbocycles. The van der Waals surface area contributed by atoms with Gasteiger partial charge in [0.25, 0.3) is 0 Å². The van der Waals surface area contributed by atoms with Crippen molar-refractivity contribution in [3.8, 4) is 0 Å². The van der Waals surface area contributed by atoms with Crippen LogP contribution in [0.25, 0.3) is 0 Å². The minimum atomic E-state index is 0.362. The monoisotopic (exact) mass is 374 g/mol. The van der Waals surface area contributed by atoms with Crippen LogP contribution in [0.5, 0.6) is 0 Å². The van der Waals surface area contributed by atoms with E-state index in [9.17, 15) is 0 Å². The van der Waals surface area contributed by atoms with Gasteiger partial charge in [0.2, 0.25) is 0 Å². The van der Waals surface area contributed by atoms with Crippen LogP contribution in [0.3, 0.4) is 0 Å². The molecule has 0 bridgehead atoms. The Balaban J connectivity index is 1.55. The van der Waals surface area contributed by atoms with Gasteiger partial charge in [-0.3, -0.25) is 4.90 Å². The van der Waals surface area contributed by atoms with E-state index in [0.29, 0.717) is 12.5 Å². The van der Waals surface area contributed by atoms with Crippen LogP contribution in [0.1, 0.15) is 49.6 Å². The number of guanidine groups is 1. The number of aliphatic imine (C=N–C) groups is 1. The quantitative estimate of drug-likeness (QED) is 0.614. The van der Waals surface area contributed by atoms with E-state index in [1.165, 1.54) is 0 Å². The Morgan fingerprint density at radius 2 is 1.96 bits per heavy atom. The predicted molar refractivity (Wildman–Crippen MR) is 103 cm³/mol. The second kappa shape index (κ2) is 9.03. The van der Waals surface area contributed by atoms with Crippen LogP contribution >= 0.6 is 0 Å². The van der Waals surface area contributed by atoms with Crippen molar-refractivity contribution in [1.82, 2.24) is 25.4 Å². The molecule has 8 nitrogen and oxygen atoms in total. The largest absolute Gasteiger partial charge is 0.361 e. The minimum Gasteiger partial charge on any atom is -0.361 e. The highest BCUT2D eigenvalue weighted by Crippen LogP contribution is 2.15. The summed E-state index contributed by atoms with van der Waals surface area (Å²) in [6.45, 7) is 14.2. The van der Waals surface area contributed by atoms with Crippen molar-refractivity contribution in [2.45, 2.75) is 46.7 Å². The maximum atomic E-state index is 5.40. The number of aromatic nitrogens is 2. The first-order chi connectivity index (χ1) is 13.0. The number of rotatable bonds is 6. The lowest BCUT2D eigenvalue weighted by Crippen LogP contribution is -2.52. The highest BCUT2D eigenvalue weighted by Gasteiger charge is 2.20. The highest BCUT2D eigenvalue weighted by atomic mass is 16.5. The lowest BCUT2D eigenvalue weighted by Gasteiger charge is -2.36. The van der Waals surface area contributed by atoms with Gasteiger partial charge in [0, 0.05) is 51.4 Å². The van der Waals surface area contributed by atoms with Crippen LogP contribution in [-0.2, 0) is 13.1 Å². The van der Waals surface area contributed by atoms with Crippen LogP contribution in [-0.4, -0.2) is 58.8 Å². The molecule has 2 aromatic rings. The first-order valence-electron chi connectivity index (χ1n) is 9.68. The Labute approximate surface area is 160 Å². The van der Waals surface area contributed by atoms with Gasteiger partial charge in [0.1, 0.15) is 12.3 Å². The summed E-state index contributed by atoms with van der Waals surface area (Å²) in [4.78, 5) is 9.44. The van der Waals surface area contributed by atoms with Gasteiger partial charge in [-0.1, -0.05) is 24.2 Å². The minimum absolute atomic E-state index is 0.362. The molecule has 27 heavy (non-hydrogen) atoms. The Morgan fingerprint density at radius 3 is 2.56 bits per heavy atom. The SMILES string of the molecule is CCNC(=NCc1cc(C(C)C)no1)N1CCN(Cc2cc(C)on2)CC1. The summed E-state index contributed by atoms with van der Waals surface area (Å²) in [6.07, 6.45) is 0. The smallest absolute Gasteiger partial charge is 0.194 e. The van der Waals surface area contributed by atoms with Crippen LogP contribution in [0.15, 0.2) is 26.2 Å². The molecule has 1 saturated heterocycles. The second-order valence-corrected chi connectivity index (χ2v) is 7.24. The summed E-state index contributed by atoms with van der Waals surface area (Å²) in [5.41, 5.74) is 1.97. The zero-order chi connectivity index (χ0) is 19.2. The molecule has 0 atom stereocenters. The Hall–Kier alpha value is -2.35. The van der Waals surface area contributed by atoms with Crippen molar-refractivity contribution in [2.24, 2.45) is 4.99 Å². The average Bonchev–Trinajstić information content (AvgIpc) is 3.28. The summed E-state index contributed by atoms with van der Waals surface area (Å²) in [5, 5.41) is 11.6. The van der Waals surface area contributed by atoms with Crippen LogP contribution < -0.4 is 5.32 Å². The molecule has 0 aliphatic carbocycles. The Bertz CT molecular complexity index is 743. The van der Waals surface area contributed by atoms with Gasteiger partial charge in [-0.05, 0) is 19.8 Å². The standard InChI is InChI=1S/C19H30N6O2/c1-5-20-19(21-12-17-11-18(14(2)3)23-27-17)25-8-6-24(7-9-25)13-16-10-15(4)26-22-16/h10-11,14H,5-9,12-13H2,1-4H3,(H,20,21). The van der Waals surface area contributed by atoms with E-state index < -0.39 is 0 Å². The molecule has 1 aliphatic rings. The number of hydrogen-bond acceptors (Lipinski definition) is 6. The van der Waals surface area contributed by atoms with E-state index in [0.717, 1.165) is 68.1 Å². The van der Waals surface area contributed by atoms with Crippen LogP contribution in [0.2, 0.25) is 0 Å². The number of hydrogen-bond donors (Lipinski definition) is 1. The first kappa shape index (κ1) is 19.4. The summed E-state index contributed by atoms with van der Waals surface area (Å²) in [7, 11) is 0. The molecule has 0 saturated carbocycles. The Kier molecular flexibility index (Phi) is 6.49. The third-order valence-electron chi connectivity index (χ3n) is 4.62. The maximum absolute atomic E-state index is 5.40. The molecule has 8 heteroatoms. The van der Waals surface area contributed by atoms with Gasteiger partial charge in [0.15, 0.2) is 11.7 Å². The molecule has 0 unspecified atom stereocenters. The van der Waals surface area contributed by atoms with E-state index in [1.807, 2.05) is 19.1 Å². The third kappa shape index (κ3) is 5.32. The summed E-state index contributed by atoms with van der Waals surface area (Å²) in [6, 6.07) is 4.00. The first-order valence-corrected chi connectivity index (χ1v) is 9.68. The molecule has 1 N–H and O–H groups in total. The lowest BCUT2D eigenvalue weighted by molar-refractivity contribution is 0.169. The maximum Gasteiger partial charge on any atom is 0.194 e. The molecule has 2 aromatic heterocycles. The zero-order valence-corrected chi connectivity index (χ0v) is 16.7. The van der Waals surface area contributed by atoms with Crippen LogP contribution in [0, 0.1) is 6.92 Å². The molecule has 0 radical (unpaired) electrons. The van der Waals surface area contributed by atoms with Crippen molar-refractivity contribution in [3.05, 3.63) is 35.0 Å². The van der Waals surface area contributed by atoms with Crippen molar-refractivity contribution in [2.75, 3.05) is 32.7 Å². The van der Waals surface area contributed by atoms with Gasteiger partial charge in [-0.15, -0.1) is 0 Å². The number of piperazine rings is 1. The molecule has 3 heterocycles. The molecule has 3 rings (SSSR count). The lowest BCUT2D eigenvalue weighted by atomic mass is 10.1. The summed E-state index contributed by atoms with van der Waals surface area (Å²) < 4.78 is 10.6. The number of aryl methyl sites for hydroxylation is 1. The van der Waals surface area contributed by atoms with Crippen molar-refractivity contribution >= 4 is 5.96 Å². The zero-order valence-electron chi connectivity index (χ0n) is 16.7. The van der Waals surface area contributed by atoms with E-state index >= 15 is 0 Å². The molecular weight excluding hydrogens is 344 g/mol. The second-order valence-electron chi connectivity index (χ2n) is 7.24. The van der Waals surface area contributed by atoms with Gasteiger partial charge >= 0.3 is 0 Å². The fourth-order valence-electron chi connectivity index (χ4n) is 3.09. The van der Waals surface area contributed by atoms with Gasteiger partial charge in [-0.2, -0.15) is 0 Å². The summed E-state index contributed by atoms with van der Waals surface area (Å²) in [5.74, 6) is 2.95. The van der Waals surface area contributed by atoms with E-state index in [2.05, 4.69) is 46.2 Å². The molecule has 148 valence electrons. The van der Waals surface area contributed by atoms with E-state index in [4.69, 9.17) is 14.0 Å². The van der Waals surface area contributed by atoms with Crippen LogP contribution in [0.4, 0.5) is 0 Å². The average molecular weight is 374 g/mol. The normalized spacial score (nSPS) is 16.3.